The van der Waals surface area contributed by atoms with Crippen molar-refractivity contribution in [2.24, 2.45) is 0 Å². The Morgan fingerprint density at radius 1 is 0.524 bits per heavy atom. The van der Waals surface area contributed by atoms with Crippen molar-refractivity contribution in [3.05, 3.63) is 0 Å². The minimum Gasteiger partial charge on any atom is -1.00 e. The number of hydrogen-bond donors (Lipinski definition) is 3. The van der Waals surface area contributed by atoms with Gasteiger partial charge in [0.15, 0.2) is 20.2 Å². The van der Waals surface area contributed by atoms with Crippen molar-refractivity contribution >= 4 is 0 Å². The molecule has 138 valence electrons. The van der Waals surface area contributed by atoms with Crippen LogP contribution in [-0.4, -0.2) is 112 Å². The molecule has 3 N–H and O–H groups in total. The first-order chi connectivity index (χ1) is 7.68. The molecule has 21 heavy (non-hydrogen) atoms. The lowest BCUT2D eigenvalue weighted by Crippen LogP contribution is -3.00. The summed E-state index contributed by atoms with van der Waals surface area (Å²) in [6, 6.07) is 0. The van der Waals surface area contributed by atoms with E-state index in [1.807, 2.05) is 63.4 Å². The maximum absolute atomic E-state index is 8.38. The number of aliphatic hydroxyl groups excluding tert-OH is 3. The summed E-state index contributed by atoms with van der Waals surface area (Å²) in [5.41, 5.74) is 0. The standard InChI is InChI=1S/3C4H12NO.BrH.ClH.HI/c3*1-5(2,3)4-6;;;/h3*6H,4H2,1-3H3;3*1H/q3*+1;;;/p-3. The maximum atomic E-state index is 8.38. The zero-order valence-electron chi connectivity index (χ0n) is 14.9. The Balaban J connectivity index is -0.0000000375. The molecule has 0 spiro atoms. The SMILES string of the molecule is C[N+](C)(C)CO.C[N+](C)(C)CO.C[N+](C)(C)CO.[Br-].[Cl-].[I-]. The third-order valence-electron chi connectivity index (χ3n) is 1.27. The molecular formula is C12H36BrClIN3O3. The van der Waals surface area contributed by atoms with Gasteiger partial charge in [0.25, 0.3) is 0 Å². The van der Waals surface area contributed by atoms with Crippen LogP contribution in [-0.2, 0) is 0 Å². The van der Waals surface area contributed by atoms with E-state index in [4.69, 9.17) is 15.3 Å². The fraction of sp³-hybridized carbons (Fsp3) is 1.00. The lowest BCUT2D eigenvalue weighted by atomic mass is 10.7. The van der Waals surface area contributed by atoms with Crippen LogP contribution in [0.25, 0.3) is 0 Å². The molecule has 0 atom stereocenters. The molecule has 0 aromatic heterocycles. The third kappa shape index (κ3) is 74.9. The quantitative estimate of drug-likeness (QED) is 0.200. The van der Waals surface area contributed by atoms with E-state index in [1.54, 1.807) is 0 Å². The summed E-state index contributed by atoms with van der Waals surface area (Å²) in [5, 5.41) is 25.1. The average molecular weight is 513 g/mol. The predicted molar refractivity (Wildman–Crippen MR) is 75.4 cm³/mol. The molecule has 0 aliphatic heterocycles. The second-order valence-corrected chi connectivity index (χ2v) is 7.30. The molecule has 0 fully saturated rings. The van der Waals surface area contributed by atoms with E-state index < -0.39 is 0 Å². The largest absolute Gasteiger partial charge is 1.00 e. The molecule has 0 heterocycles. The van der Waals surface area contributed by atoms with Crippen molar-refractivity contribution in [3.63, 3.8) is 0 Å². The van der Waals surface area contributed by atoms with Gasteiger partial charge in [0.05, 0.1) is 63.4 Å². The molecule has 9 heteroatoms. The van der Waals surface area contributed by atoms with Gasteiger partial charge in [-0.3, -0.25) is 0 Å². The van der Waals surface area contributed by atoms with Crippen LogP contribution < -0.4 is 53.4 Å². The van der Waals surface area contributed by atoms with Crippen LogP contribution in [0.5, 0.6) is 0 Å². The fourth-order valence-electron chi connectivity index (χ4n) is 0. The summed E-state index contributed by atoms with van der Waals surface area (Å²) < 4.78 is 1.88. The second-order valence-electron chi connectivity index (χ2n) is 7.30. The average Bonchev–Trinajstić information content (AvgIpc) is 2.16. The van der Waals surface area contributed by atoms with Crippen molar-refractivity contribution in [2.45, 2.75) is 0 Å². The molecule has 0 aliphatic rings. The first-order valence-electron chi connectivity index (χ1n) is 5.92. The number of quaternary nitrogens is 3. The van der Waals surface area contributed by atoms with Gasteiger partial charge in [-0.25, -0.2) is 0 Å². The van der Waals surface area contributed by atoms with Crippen molar-refractivity contribution in [1.29, 1.82) is 0 Å². The Kier molecular flexibility index (Phi) is 31.9. The van der Waals surface area contributed by atoms with Gasteiger partial charge in [0.2, 0.25) is 0 Å². The van der Waals surface area contributed by atoms with Crippen molar-refractivity contribution < 1.29 is 82.1 Å². The van der Waals surface area contributed by atoms with Crippen molar-refractivity contribution in [3.8, 4) is 0 Å². The van der Waals surface area contributed by atoms with Crippen molar-refractivity contribution in [2.75, 3.05) is 83.6 Å². The molecule has 0 bridgehead atoms. The summed E-state index contributed by atoms with van der Waals surface area (Å²) in [6.07, 6.45) is 0. The van der Waals surface area contributed by atoms with E-state index in [2.05, 4.69) is 0 Å². The van der Waals surface area contributed by atoms with Crippen LogP contribution in [0.2, 0.25) is 0 Å². The minimum absolute atomic E-state index is 0. The van der Waals surface area contributed by atoms with Gasteiger partial charge in [0, 0.05) is 0 Å². The highest BCUT2D eigenvalue weighted by atomic mass is 127. The summed E-state index contributed by atoms with van der Waals surface area (Å²) in [5.74, 6) is 0. The number of rotatable bonds is 3. The highest BCUT2D eigenvalue weighted by molar-refractivity contribution is 3.95. The van der Waals surface area contributed by atoms with E-state index in [0.717, 1.165) is 0 Å². The van der Waals surface area contributed by atoms with Crippen LogP contribution >= 0.6 is 0 Å². The normalized spacial score (nSPS) is 10.3. The van der Waals surface area contributed by atoms with Crippen LogP contribution in [0.15, 0.2) is 0 Å². The highest BCUT2D eigenvalue weighted by Gasteiger charge is 2.00. The summed E-state index contributed by atoms with van der Waals surface area (Å²) in [4.78, 5) is 0. The Labute approximate surface area is 165 Å². The maximum Gasteiger partial charge on any atom is 0.179 e. The molecule has 0 aromatic rings. The van der Waals surface area contributed by atoms with Gasteiger partial charge < -0.3 is 82.1 Å². The molecule has 0 amide bonds. The lowest BCUT2D eigenvalue weighted by molar-refractivity contribution is -0.889. The first kappa shape index (κ1) is 38.1. The Hall–Kier alpha value is 1.26. The molecule has 0 aromatic carbocycles. The van der Waals surface area contributed by atoms with Gasteiger partial charge in [-0.2, -0.15) is 0 Å². The molecule has 0 aliphatic carbocycles. The van der Waals surface area contributed by atoms with E-state index in [-0.39, 0.29) is 73.6 Å². The summed E-state index contributed by atoms with van der Waals surface area (Å²) in [6.45, 7) is 0.625. The zero-order chi connectivity index (χ0) is 15.6. The minimum atomic E-state index is 0. The Morgan fingerprint density at radius 2 is 0.571 bits per heavy atom. The molecule has 0 rings (SSSR count). The van der Waals surface area contributed by atoms with Crippen LogP contribution in [0.1, 0.15) is 0 Å². The van der Waals surface area contributed by atoms with Gasteiger partial charge in [-0.05, 0) is 0 Å². The van der Waals surface area contributed by atoms with E-state index in [1.165, 1.54) is 0 Å². The number of aliphatic hydroxyl groups is 3. The topological polar surface area (TPSA) is 60.7 Å². The van der Waals surface area contributed by atoms with Gasteiger partial charge in [-0.15, -0.1) is 0 Å². The lowest BCUT2D eigenvalue weighted by Gasteiger charge is -2.19. The molecule has 0 saturated heterocycles. The molecular weight excluding hydrogens is 476 g/mol. The third-order valence-corrected chi connectivity index (χ3v) is 1.27. The smallest absolute Gasteiger partial charge is 0.179 e. The van der Waals surface area contributed by atoms with Gasteiger partial charge >= 0.3 is 0 Å². The molecule has 6 nitrogen and oxygen atoms in total. The first-order valence-corrected chi connectivity index (χ1v) is 5.92. The predicted octanol–water partition coefficient (Wildman–Crippen LogP) is -10.1. The van der Waals surface area contributed by atoms with Gasteiger partial charge in [0.1, 0.15) is 0 Å². The zero-order valence-corrected chi connectivity index (χ0v) is 19.4. The number of nitrogens with zero attached hydrogens (tertiary/aromatic N) is 3. The van der Waals surface area contributed by atoms with Crippen LogP contribution in [0, 0.1) is 0 Å². The molecule has 0 saturated carbocycles. The van der Waals surface area contributed by atoms with Crippen molar-refractivity contribution in [1.82, 2.24) is 0 Å². The molecule has 0 unspecified atom stereocenters. The molecule has 0 radical (unpaired) electrons. The highest BCUT2D eigenvalue weighted by Crippen LogP contribution is 1.82. The summed E-state index contributed by atoms with van der Waals surface area (Å²) >= 11 is 0. The fourth-order valence-corrected chi connectivity index (χ4v) is 0. The second kappa shape index (κ2) is 17.6. The van der Waals surface area contributed by atoms with Gasteiger partial charge in [-0.1, -0.05) is 0 Å². The summed E-state index contributed by atoms with van der Waals surface area (Å²) in [7, 11) is 17.4. The monoisotopic (exact) mass is 511 g/mol. The van der Waals surface area contributed by atoms with E-state index in [0.29, 0.717) is 13.4 Å². The van der Waals surface area contributed by atoms with E-state index >= 15 is 0 Å². The van der Waals surface area contributed by atoms with Crippen LogP contribution in [0.3, 0.4) is 0 Å². The number of halogens is 3. The Morgan fingerprint density at radius 3 is 0.571 bits per heavy atom. The van der Waals surface area contributed by atoms with E-state index in [9.17, 15) is 0 Å². The number of hydrogen-bond acceptors (Lipinski definition) is 3. The van der Waals surface area contributed by atoms with Crippen LogP contribution in [0.4, 0.5) is 0 Å². The Bertz CT molecular complexity index is 162.